The highest BCUT2D eigenvalue weighted by Gasteiger charge is 2.42. The molecule has 0 fully saturated rings. The quantitative estimate of drug-likeness (QED) is 0.754. The van der Waals surface area contributed by atoms with Gasteiger partial charge in [0, 0.05) is 0 Å². The van der Waals surface area contributed by atoms with Crippen LogP contribution in [0.25, 0.3) is 0 Å². The Bertz CT molecular complexity index is 581. The lowest BCUT2D eigenvalue weighted by molar-refractivity contribution is -0.140. The van der Waals surface area contributed by atoms with E-state index in [1.807, 2.05) is 64.2 Å². The number of hydrogen-bond acceptors (Lipinski definition) is 5. The number of aliphatic hydroxyl groups excluding tert-OH is 1. The summed E-state index contributed by atoms with van der Waals surface area (Å²) in [7, 11) is -2.35. The smallest absolute Gasteiger partial charge is 0.408 e. The molecule has 0 aliphatic heterocycles. The number of hydrogen-bond donors (Lipinski definition) is 2. The van der Waals surface area contributed by atoms with Crippen molar-refractivity contribution in [2.75, 3.05) is 0 Å². The summed E-state index contributed by atoms with van der Waals surface area (Å²) in [5, 5.41) is 12.1. The predicted octanol–water partition coefficient (Wildman–Crippen LogP) is 3.21. The van der Waals surface area contributed by atoms with Crippen LogP contribution in [0.3, 0.4) is 0 Å². The Hall–Kier alpha value is -1.86. The molecule has 25 heavy (non-hydrogen) atoms. The lowest BCUT2D eigenvalue weighted by Crippen LogP contribution is -2.53. The van der Waals surface area contributed by atoms with Crippen molar-refractivity contribution in [1.29, 1.82) is 0 Å². The van der Waals surface area contributed by atoms with Crippen molar-refractivity contribution >= 4 is 20.4 Å². The Morgan fingerprint density at radius 1 is 1.20 bits per heavy atom. The van der Waals surface area contributed by atoms with E-state index in [1.54, 1.807) is 0 Å². The molecule has 0 saturated carbocycles. The zero-order valence-electron chi connectivity index (χ0n) is 15.8. The summed E-state index contributed by atoms with van der Waals surface area (Å²) < 4.78 is 10.8. The summed E-state index contributed by atoms with van der Waals surface area (Å²) in [5.74, 6) is -0.641. The Morgan fingerprint density at radius 3 is 2.24 bits per heavy atom. The first-order valence-corrected chi connectivity index (χ1v) is 11.2. The van der Waals surface area contributed by atoms with Gasteiger partial charge in [-0.3, -0.25) is 4.79 Å². The third-order valence-electron chi connectivity index (χ3n) is 4.38. The molecule has 2 atom stereocenters. The van der Waals surface area contributed by atoms with Crippen LogP contribution in [0.1, 0.15) is 33.3 Å². The fourth-order valence-electron chi connectivity index (χ4n) is 1.74. The Morgan fingerprint density at radius 2 is 1.76 bits per heavy atom. The van der Waals surface area contributed by atoms with Crippen LogP contribution in [-0.4, -0.2) is 37.6 Å². The monoisotopic (exact) mass is 367 g/mol. The van der Waals surface area contributed by atoms with Gasteiger partial charge in [0.1, 0.15) is 6.61 Å². The fourth-order valence-corrected chi connectivity index (χ4v) is 2.67. The number of ether oxygens (including phenoxy) is 1. The number of rotatable bonds is 6. The van der Waals surface area contributed by atoms with Crippen LogP contribution in [0, 0.1) is 0 Å². The van der Waals surface area contributed by atoms with Gasteiger partial charge in [0.15, 0.2) is 6.04 Å². The second kappa shape index (κ2) is 8.49. The molecule has 0 aliphatic rings. The molecular formula is C18H29NO5Si. The van der Waals surface area contributed by atoms with Crippen molar-refractivity contribution in [3.8, 4) is 0 Å². The molecule has 1 rings (SSSR count). The van der Waals surface area contributed by atoms with Crippen LogP contribution in [0.2, 0.25) is 18.1 Å². The molecule has 0 aromatic heterocycles. The van der Waals surface area contributed by atoms with Gasteiger partial charge in [0.25, 0.3) is 8.32 Å². The largest absolute Gasteiger partial charge is 0.518 e. The lowest BCUT2D eigenvalue weighted by atomic mass is 10.2. The van der Waals surface area contributed by atoms with E-state index in [9.17, 15) is 14.7 Å². The Labute approximate surface area is 150 Å². The minimum atomic E-state index is -2.35. The van der Waals surface area contributed by atoms with Crippen molar-refractivity contribution in [1.82, 2.24) is 5.32 Å². The normalized spacial score (nSPS) is 14.4. The third-order valence-corrected chi connectivity index (χ3v) is 8.71. The van der Waals surface area contributed by atoms with Crippen molar-refractivity contribution in [3.63, 3.8) is 0 Å². The van der Waals surface area contributed by atoms with Gasteiger partial charge in [-0.1, -0.05) is 51.1 Å². The Kier molecular flexibility index (Phi) is 7.19. The number of nitrogens with one attached hydrogen (secondary N) is 1. The first-order valence-electron chi connectivity index (χ1n) is 8.32. The minimum absolute atomic E-state index is 0.0798. The van der Waals surface area contributed by atoms with E-state index in [0.717, 1.165) is 5.56 Å². The molecule has 0 saturated heterocycles. The number of alkyl carbamates (subject to hydrolysis) is 1. The molecule has 0 aliphatic carbocycles. The van der Waals surface area contributed by atoms with Gasteiger partial charge in [-0.15, -0.1) is 0 Å². The summed E-state index contributed by atoms with van der Waals surface area (Å²) in [5.41, 5.74) is 0.829. The van der Waals surface area contributed by atoms with Crippen molar-refractivity contribution < 1.29 is 23.9 Å². The molecule has 1 aromatic rings. The molecule has 6 nitrogen and oxygen atoms in total. The summed E-state index contributed by atoms with van der Waals surface area (Å²) in [6, 6.07) is 8.02. The van der Waals surface area contributed by atoms with E-state index < -0.39 is 32.5 Å². The van der Waals surface area contributed by atoms with Gasteiger partial charge < -0.3 is 19.6 Å². The highest BCUT2D eigenvalue weighted by atomic mass is 28.4. The molecule has 7 heteroatoms. The predicted molar refractivity (Wildman–Crippen MR) is 98.5 cm³/mol. The first-order chi connectivity index (χ1) is 11.4. The number of amides is 1. The maximum Gasteiger partial charge on any atom is 0.408 e. The maximum absolute atomic E-state index is 12.4. The molecule has 1 amide bonds. The standard InChI is InChI=1S/C18H29NO5Si/c1-13(20)15(16(21)24-25(5,6)18(2,3)4)19-17(22)23-12-14-10-8-7-9-11-14/h7-11,13,15,20H,12H2,1-6H3,(H,19,22)/t13-,15+/m0/s1. The zero-order chi connectivity index (χ0) is 19.3. The van der Waals surface area contributed by atoms with Crippen LogP contribution in [0.15, 0.2) is 30.3 Å². The highest BCUT2D eigenvalue weighted by Crippen LogP contribution is 2.36. The highest BCUT2D eigenvalue weighted by molar-refractivity contribution is 6.75. The molecule has 0 radical (unpaired) electrons. The molecule has 0 heterocycles. The summed E-state index contributed by atoms with van der Waals surface area (Å²) >= 11 is 0. The fraction of sp³-hybridized carbons (Fsp3) is 0.556. The number of carbonyl (C=O) groups is 2. The zero-order valence-corrected chi connectivity index (χ0v) is 16.8. The molecule has 0 spiro atoms. The van der Waals surface area contributed by atoms with E-state index >= 15 is 0 Å². The Balaban J connectivity index is 2.67. The van der Waals surface area contributed by atoms with E-state index in [1.165, 1.54) is 6.92 Å². The van der Waals surface area contributed by atoms with E-state index in [-0.39, 0.29) is 11.6 Å². The van der Waals surface area contributed by atoms with Crippen LogP contribution in [0.4, 0.5) is 4.79 Å². The minimum Gasteiger partial charge on any atom is -0.518 e. The maximum atomic E-state index is 12.4. The molecule has 140 valence electrons. The van der Waals surface area contributed by atoms with E-state index in [2.05, 4.69) is 5.32 Å². The van der Waals surface area contributed by atoms with Gasteiger partial charge in [0.2, 0.25) is 0 Å². The second-order valence-corrected chi connectivity index (χ2v) is 12.3. The molecule has 0 unspecified atom stereocenters. The lowest BCUT2D eigenvalue weighted by Gasteiger charge is -2.36. The SMILES string of the molecule is C[C@H](O)[C@@H](NC(=O)OCc1ccccc1)C(=O)O[Si](C)(C)C(C)(C)C. The summed E-state index contributed by atoms with van der Waals surface area (Å²) in [4.78, 5) is 24.4. The number of aliphatic hydroxyl groups is 1. The van der Waals surface area contributed by atoms with Crippen LogP contribution in [0.5, 0.6) is 0 Å². The summed E-state index contributed by atoms with van der Waals surface area (Å²) in [6.45, 7) is 11.4. The molecule has 2 N–H and O–H groups in total. The van der Waals surface area contributed by atoms with Gasteiger partial charge >= 0.3 is 12.1 Å². The molecule has 1 aromatic carbocycles. The number of benzene rings is 1. The van der Waals surface area contributed by atoms with E-state index in [4.69, 9.17) is 9.16 Å². The number of carbonyl (C=O) groups excluding carboxylic acids is 2. The van der Waals surface area contributed by atoms with Crippen LogP contribution < -0.4 is 5.32 Å². The average Bonchev–Trinajstić information content (AvgIpc) is 2.49. The molecule has 0 bridgehead atoms. The third kappa shape index (κ3) is 6.51. The van der Waals surface area contributed by atoms with Crippen molar-refractivity contribution in [2.45, 2.75) is 64.6 Å². The van der Waals surface area contributed by atoms with Gasteiger partial charge in [-0.05, 0) is 30.6 Å². The van der Waals surface area contributed by atoms with Crippen LogP contribution in [-0.2, 0) is 20.6 Å². The van der Waals surface area contributed by atoms with Crippen molar-refractivity contribution in [2.24, 2.45) is 0 Å². The molecular weight excluding hydrogens is 338 g/mol. The topological polar surface area (TPSA) is 84.9 Å². The van der Waals surface area contributed by atoms with Gasteiger partial charge in [-0.2, -0.15) is 0 Å². The van der Waals surface area contributed by atoms with Crippen molar-refractivity contribution in [3.05, 3.63) is 35.9 Å². The van der Waals surface area contributed by atoms with E-state index in [0.29, 0.717) is 0 Å². The summed E-state index contributed by atoms with van der Waals surface area (Å²) in [6.07, 6.45) is -1.87. The van der Waals surface area contributed by atoms with Crippen LogP contribution >= 0.6 is 0 Å². The first kappa shape index (κ1) is 21.2. The average molecular weight is 368 g/mol. The van der Waals surface area contributed by atoms with Gasteiger partial charge in [0.05, 0.1) is 6.10 Å². The second-order valence-electron chi connectivity index (χ2n) is 7.61. The van der Waals surface area contributed by atoms with Gasteiger partial charge in [-0.25, -0.2) is 4.79 Å².